The maximum Gasteiger partial charge on any atom is 0.253 e. The average molecular weight is 367 g/mol. The summed E-state index contributed by atoms with van der Waals surface area (Å²) in [5.41, 5.74) is 14.3. The zero-order valence-electron chi connectivity index (χ0n) is 11.7. The van der Waals surface area contributed by atoms with E-state index in [-0.39, 0.29) is 43.7 Å². The second-order valence-corrected chi connectivity index (χ2v) is 5.61. The summed E-state index contributed by atoms with van der Waals surface area (Å²) in [5.74, 6) is -2.02. The molecule has 0 aromatic heterocycles. The molecule has 1 aliphatic heterocycles. The Morgan fingerprint density at radius 3 is 2.38 bits per heavy atom. The van der Waals surface area contributed by atoms with Crippen molar-refractivity contribution >= 4 is 51.8 Å². The molecule has 3 rings (SSSR count). The van der Waals surface area contributed by atoms with E-state index in [1.165, 1.54) is 12.1 Å². The normalized spacial score (nSPS) is 11.1. The molecule has 0 atom stereocenters. The van der Waals surface area contributed by atoms with E-state index >= 15 is 0 Å². The smallest absolute Gasteiger partial charge is 0.253 e. The lowest BCUT2D eigenvalue weighted by atomic mass is 10.0. The number of amides is 2. The number of hydrogen-bond donors (Lipinski definition) is 3. The zero-order valence-corrected chi connectivity index (χ0v) is 13.2. The summed E-state index contributed by atoms with van der Waals surface area (Å²) in [5, 5.41) is -0.284. The third-order valence-corrected chi connectivity index (χ3v) is 4.03. The van der Waals surface area contributed by atoms with Gasteiger partial charge in [0.05, 0.1) is 21.8 Å². The Hall–Kier alpha value is -2.84. The number of benzene rings is 2. The van der Waals surface area contributed by atoms with Crippen LogP contribution < -0.4 is 22.6 Å². The fourth-order valence-corrected chi connectivity index (χ4v) is 2.72. The number of primary amides is 2. The number of rotatable bonds is 2. The minimum atomic E-state index is -1.00. The van der Waals surface area contributed by atoms with Crippen molar-refractivity contribution in [2.24, 2.45) is 11.5 Å². The molecule has 0 saturated carbocycles. The number of anilines is 1. The second-order valence-electron chi connectivity index (χ2n) is 4.82. The third-order valence-electron chi connectivity index (χ3n) is 3.39. The van der Waals surface area contributed by atoms with Crippen molar-refractivity contribution in [2.45, 2.75) is 0 Å². The zero-order chi connectivity index (χ0) is 17.8. The molecule has 0 spiro atoms. The minimum absolute atomic E-state index is 0.00337. The van der Waals surface area contributed by atoms with Crippen LogP contribution in [0.2, 0.25) is 10.0 Å². The summed E-state index contributed by atoms with van der Waals surface area (Å²) in [4.78, 5) is 39.5. The van der Waals surface area contributed by atoms with E-state index in [9.17, 15) is 14.4 Å². The molecule has 1 aliphatic carbocycles. The molecule has 8 nitrogen and oxygen atoms in total. The number of carbonyl (C=O) groups is 2. The number of aromatic nitrogens is 1. The second kappa shape index (κ2) is 5.36. The molecular formula is C14H8Cl2N4O4. The van der Waals surface area contributed by atoms with Crippen molar-refractivity contribution in [3.8, 4) is 11.5 Å². The highest BCUT2D eigenvalue weighted by molar-refractivity contribution is 6.36. The van der Waals surface area contributed by atoms with E-state index in [0.29, 0.717) is 0 Å². The quantitative estimate of drug-likeness (QED) is 0.459. The van der Waals surface area contributed by atoms with Gasteiger partial charge in [-0.25, -0.2) is 4.98 Å². The Morgan fingerprint density at radius 1 is 1.12 bits per heavy atom. The first-order valence-electron chi connectivity index (χ1n) is 6.37. The number of nitrogens with two attached hydrogens (primary N) is 3. The Kier molecular flexibility index (Phi) is 3.58. The molecule has 24 heavy (non-hydrogen) atoms. The molecule has 0 unspecified atom stereocenters. The van der Waals surface area contributed by atoms with Crippen LogP contribution in [0.15, 0.2) is 21.3 Å². The molecule has 0 bridgehead atoms. The van der Waals surface area contributed by atoms with Crippen molar-refractivity contribution in [2.75, 3.05) is 5.73 Å². The van der Waals surface area contributed by atoms with E-state index in [2.05, 4.69) is 4.98 Å². The maximum atomic E-state index is 12.0. The van der Waals surface area contributed by atoms with Crippen LogP contribution in [-0.2, 0) is 0 Å². The predicted molar refractivity (Wildman–Crippen MR) is 88.4 cm³/mol. The Morgan fingerprint density at radius 2 is 1.79 bits per heavy atom. The summed E-state index contributed by atoms with van der Waals surface area (Å²) in [6.07, 6.45) is 0. The van der Waals surface area contributed by atoms with E-state index in [4.69, 9.17) is 44.8 Å². The molecule has 10 heteroatoms. The molecule has 1 aromatic rings. The summed E-state index contributed by atoms with van der Waals surface area (Å²) in [7, 11) is 0. The van der Waals surface area contributed by atoms with Crippen LogP contribution in [0.25, 0.3) is 22.6 Å². The van der Waals surface area contributed by atoms with Gasteiger partial charge >= 0.3 is 0 Å². The van der Waals surface area contributed by atoms with Crippen LogP contribution in [0.3, 0.4) is 0 Å². The van der Waals surface area contributed by atoms with Gasteiger partial charge in [-0.15, -0.1) is 0 Å². The van der Waals surface area contributed by atoms with E-state index < -0.39 is 22.9 Å². The predicted octanol–water partition coefficient (Wildman–Crippen LogP) is 1.38. The largest absolute Gasteiger partial charge is 0.449 e. The highest BCUT2D eigenvalue weighted by atomic mass is 35.5. The van der Waals surface area contributed by atoms with Crippen molar-refractivity contribution < 1.29 is 14.0 Å². The van der Waals surface area contributed by atoms with Crippen molar-refractivity contribution in [1.82, 2.24) is 4.98 Å². The number of nitrogens with zero attached hydrogens (tertiary/aromatic N) is 1. The highest BCUT2D eigenvalue weighted by Crippen LogP contribution is 2.37. The lowest BCUT2D eigenvalue weighted by Gasteiger charge is -2.14. The first-order chi connectivity index (χ1) is 11.2. The first kappa shape index (κ1) is 16.0. The molecule has 0 fully saturated rings. The monoisotopic (exact) mass is 366 g/mol. The molecule has 1 heterocycles. The fourth-order valence-electron chi connectivity index (χ4n) is 2.30. The van der Waals surface area contributed by atoms with Crippen LogP contribution in [0.1, 0.15) is 20.7 Å². The van der Waals surface area contributed by atoms with Crippen LogP contribution in [-0.4, -0.2) is 16.8 Å². The highest BCUT2D eigenvalue weighted by Gasteiger charge is 2.28. The van der Waals surface area contributed by atoms with Crippen LogP contribution in [0, 0.1) is 0 Å². The summed E-state index contributed by atoms with van der Waals surface area (Å²) >= 11 is 12.0. The summed E-state index contributed by atoms with van der Waals surface area (Å²) in [6, 6.07) is 2.72. The van der Waals surface area contributed by atoms with Gasteiger partial charge in [-0.1, -0.05) is 23.2 Å². The lowest BCUT2D eigenvalue weighted by Crippen LogP contribution is -2.23. The van der Waals surface area contributed by atoms with Gasteiger partial charge in [0, 0.05) is 0 Å². The van der Waals surface area contributed by atoms with Gasteiger partial charge in [0.1, 0.15) is 16.2 Å². The Labute approximate surface area is 143 Å². The van der Waals surface area contributed by atoms with Gasteiger partial charge in [-0.2, -0.15) is 0 Å². The van der Waals surface area contributed by atoms with Gasteiger partial charge in [0.15, 0.2) is 11.3 Å². The molecule has 122 valence electrons. The van der Waals surface area contributed by atoms with Gasteiger partial charge < -0.3 is 21.6 Å². The fraction of sp³-hybridized carbons (Fsp3) is 0. The standard InChI is InChI=1S/C14H8Cl2N4O4/c15-4-2-1-3(13(18)22)8-11(4)24-12-6(16)10(21)7(17)5(14(19)23)9(12)20-8/h1-2H,17H2,(H2,18,22)(H2,19,23). The molecule has 2 aliphatic rings. The number of carbonyl (C=O) groups excluding carboxylic acids is 2. The summed E-state index contributed by atoms with van der Waals surface area (Å²) < 4.78 is 5.53. The van der Waals surface area contributed by atoms with E-state index in [1.807, 2.05) is 0 Å². The van der Waals surface area contributed by atoms with Gasteiger partial charge in [0.25, 0.3) is 11.8 Å². The van der Waals surface area contributed by atoms with Gasteiger partial charge in [0.2, 0.25) is 5.43 Å². The van der Waals surface area contributed by atoms with Crippen LogP contribution >= 0.6 is 23.2 Å². The van der Waals surface area contributed by atoms with Crippen LogP contribution in [0.4, 0.5) is 5.69 Å². The third kappa shape index (κ3) is 2.15. The van der Waals surface area contributed by atoms with Crippen molar-refractivity contribution in [1.29, 1.82) is 0 Å². The molecule has 0 saturated heterocycles. The topological polar surface area (TPSA) is 155 Å². The molecule has 0 radical (unpaired) electrons. The Bertz CT molecular complexity index is 1080. The van der Waals surface area contributed by atoms with Crippen LogP contribution in [0.5, 0.6) is 0 Å². The lowest BCUT2D eigenvalue weighted by molar-refractivity contribution is 0.0993. The van der Waals surface area contributed by atoms with E-state index in [1.54, 1.807) is 0 Å². The molecule has 6 N–H and O–H groups in total. The molecular weight excluding hydrogens is 359 g/mol. The SMILES string of the molecule is NC(=O)c1c2nc3c(C(N)=O)ccc(Cl)c3oc-2c(Cl)c(=O)c1N. The van der Waals surface area contributed by atoms with Crippen molar-refractivity contribution in [3.05, 3.63) is 43.5 Å². The summed E-state index contributed by atoms with van der Waals surface area (Å²) in [6.45, 7) is 0. The number of fused-ring (bicyclic) bond motifs is 2. The van der Waals surface area contributed by atoms with E-state index in [0.717, 1.165) is 0 Å². The minimum Gasteiger partial charge on any atom is -0.449 e. The number of hydrogen-bond acceptors (Lipinski definition) is 6. The number of nitrogen functional groups attached to an aromatic ring is 1. The molecule has 1 aromatic carbocycles. The van der Waals surface area contributed by atoms with Gasteiger partial charge in [-0.05, 0) is 12.1 Å². The first-order valence-corrected chi connectivity index (χ1v) is 7.13. The number of halogens is 2. The average Bonchev–Trinajstić information content (AvgIpc) is 2.51. The Balaban J connectivity index is 2.64. The molecule has 2 amide bonds. The van der Waals surface area contributed by atoms with Crippen molar-refractivity contribution in [3.63, 3.8) is 0 Å². The van der Waals surface area contributed by atoms with Gasteiger partial charge in [-0.3, -0.25) is 14.4 Å². The maximum absolute atomic E-state index is 12.0.